The van der Waals surface area contributed by atoms with Crippen molar-refractivity contribution >= 4 is 21.7 Å². The number of H-pyrrole nitrogens is 1. The summed E-state index contributed by atoms with van der Waals surface area (Å²) in [6, 6.07) is 0.421. The lowest BCUT2D eigenvalue weighted by molar-refractivity contribution is 0.511. The standard InChI is InChI=1S/C13H21BrN4O/c1-9(2)6-15-7-10-4-3-5-18(10)12-11(14)13(19)17-8-16-12/h8-10,15H,3-7H2,1-2H3,(H,16,17,19). The molecule has 1 aromatic rings. The molecule has 19 heavy (non-hydrogen) atoms. The van der Waals surface area contributed by atoms with Gasteiger partial charge in [-0.2, -0.15) is 0 Å². The molecule has 1 aliphatic heterocycles. The molecule has 106 valence electrons. The van der Waals surface area contributed by atoms with Crippen LogP contribution in [0.5, 0.6) is 0 Å². The monoisotopic (exact) mass is 328 g/mol. The van der Waals surface area contributed by atoms with Crippen molar-refractivity contribution in [3.05, 3.63) is 21.2 Å². The fraction of sp³-hybridized carbons (Fsp3) is 0.692. The molecule has 2 rings (SSSR count). The largest absolute Gasteiger partial charge is 0.351 e. The number of hydrogen-bond donors (Lipinski definition) is 2. The van der Waals surface area contributed by atoms with Gasteiger partial charge < -0.3 is 15.2 Å². The Balaban J connectivity index is 2.06. The number of aromatic amines is 1. The molecule has 0 radical (unpaired) electrons. The van der Waals surface area contributed by atoms with Crippen LogP contribution < -0.4 is 15.8 Å². The van der Waals surface area contributed by atoms with Gasteiger partial charge >= 0.3 is 0 Å². The molecule has 1 unspecified atom stereocenters. The Morgan fingerprint density at radius 1 is 1.63 bits per heavy atom. The van der Waals surface area contributed by atoms with E-state index < -0.39 is 0 Å². The molecule has 0 spiro atoms. The number of aromatic nitrogens is 2. The van der Waals surface area contributed by atoms with E-state index in [1.54, 1.807) is 0 Å². The quantitative estimate of drug-likeness (QED) is 0.864. The number of rotatable bonds is 5. The summed E-state index contributed by atoms with van der Waals surface area (Å²) in [6.45, 7) is 7.33. The maximum Gasteiger partial charge on any atom is 0.267 e. The van der Waals surface area contributed by atoms with Crippen LogP contribution in [0.15, 0.2) is 15.6 Å². The highest BCUT2D eigenvalue weighted by Crippen LogP contribution is 2.27. The third kappa shape index (κ3) is 3.57. The summed E-state index contributed by atoms with van der Waals surface area (Å²) in [4.78, 5) is 20.7. The molecular formula is C13H21BrN4O. The highest BCUT2D eigenvalue weighted by atomic mass is 79.9. The van der Waals surface area contributed by atoms with E-state index in [0.29, 0.717) is 16.4 Å². The van der Waals surface area contributed by atoms with Gasteiger partial charge in [0.1, 0.15) is 4.47 Å². The van der Waals surface area contributed by atoms with Gasteiger partial charge in [-0.3, -0.25) is 4.79 Å². The second kappa shape index (κ2) is 6.52. The number of anilines is 1. The average Bonchev–Trinajstić information content (AvgIpc) is 2.80. The molecule has 0 saturated carbocycles. The van der Waals surface area contributed by atoms with Gasteiger partial charge in [0.2, 0.25) is 0 Å². The van der Waals surface area contributed by atoms with E-state index in [-0.39, 0.29) is 5.56 Å². The number of nitrogens with one attached hydrogen (secondary N) is 2. The zero-order chi connectivity index (χ0) is 13.8. The summed E-state index contributed by atoms with van der Waals surface area (Å²) in [5, 5.41) is 3.49. The molecule has 1 atom stereocenters. The Kier molecular flexibility index (Phi) is 4.99. The molecule has 1 aliphatic rings. The van der Waals surface area contributed by atoms with E-state index in [9.17, 15) is 4.79 Å². The number of hydrogen-bond acceptors (Lipinski definition) is 4. The van der Waals surface area contributed by atoms with Gasteiger partial charge in [-0.05, 0) is 41.2 Å². The van der Waals surface area contributed by atoms with E-state index >= 15 is 0 Å². The van der Waals surface area contributed by atoms with E-state index in [2.05, 4.69) is 50.0 Å². The fourth-order valence-corrected chi connectivity index (χ4v) is 2.88. The first-order chi connectivity index (χ1) is 9.09. The molecule has 0 aromatic carbocycles. The topological polar surface area (TPSA) is 61.0 Å². The van der Waals surface area contributed by atoms with Gasteiger partial charge in [0.15, 0.2) is 5.82 Å². The third-order valence-electron chi connectivity index (χ3n) is 3.36. The minimum Gasteiger partial charge on any atom is -0.351 e. The van der Waals surface area contributed by atoms with Gasteiger partial charge in [0, 0.05) is 19.1 Å². The summed E-state index contributed by atoms with van der Waals surface area (Å²) in [5.74, 6) is 1.41. The highest BCUT2D eigenvalue weighted by molar-refractivity contribution is 9.10. The van der Waals surface area contributed by atoms with Gasteiger partial charge in [0.05, 0.1) is 6.33 Å². The smallest absolute Gasteiger partial charge is 0.267 e. The van der Waals surface area contributed by atoms with Crippen LogP contribution in [0.4, 0.5) is 5.82 Å². The molecule has 0 aliphatic carbocycles. The first-order valence-electron chi connectivity index (χ1n) is 6.80. The molecule has 6 heteroatoms. The highest BCUT2D eigenvalue weighted by Gasteiger charge is 2.27. The van der Waals surface area contributed by atoms with Crippen LogP contribution in [0.1, 0.15) is 26.7 Å². The van der Waals surface area contributed by atoms with Crippen LogP contribution in [0.3, 0.4) is 0 Å². The second-order valence-electron chi connectivity index (χ2n) is 5.41. The van der Waals surface area contributed by atoms with Crippen molar-refractivity contribution in [3.8, 4) is 0 Å². The van der Waals surface area contributed by atoms with Crippen molar-refractivity contribution in [2.75, 3.05) is 24.5 Å². The van der Waals surface area contributed by atoms with Crippen molar-refractivity contribution in [2.24, 2.45) is 5.92 Å². The number of halogens is 1. The van der Waals surface area contributed by atoms with Crippen LogP contribution in [0.2, 0.25) is 0 Å². The van der Waals surface area contributed by atoms with Crippen molar-refractivity contribution in [1.29, 1.82) is 0 Å². The van der Waals surface area contributed by atoms with Crippen molar-refractivity contribution < 1.29 is 0 Å². The molecule has 5 nitrogen and oxygen atoms in total. The second-order valence-corrected chi connectivity index (χ2v) is 6.20. The SMILES string of the molecule is CC(C)CNCC1CCCN1c1nc[nH]c(=O)c1Br. The Morgan fingerprint density at radius 2 is 2.42 bits per heavy atom. The van der Waals surface area contributed by atoms with Gasteiger partial charge in [-0.25, -0.2) is 4.98 Å². The molecular weight excluding hydrogens is 308 g/mol. The summed E-state index contributed by atoms with van der Waals surface area (Å²) in [7, 11) is 0. The third-order valence-corrected chi connectivity index (χ3v) is 4.07. The van der Waals surface area contributed by atoms with E-state index in [4.69, 9.17) is 0 Å². The van der Waals surface area contributed by atoms with Crippen LogP contribution in [0.25, 0.3) is 0 Å². The van der Waals surface area contributed by atoms with Crippen LogP contribution >= 0.6 is 15.9 Å². The number of nitrogens with zero attached hydrogens (tertiary/aromatic N) is 2. The molecule has 1 fully saturated rings. The van der Waals surface area contributed by atoms with Gasteiger partial charge in [0.25, 0.3) is 5.56 Å². The summed E-state index contributed by atoms with van der Waals surface area (Å²) >= 11 is 3.34. The molecule has 0 amide bonds. The average molecular weight is 329 g/mol. The molecule has 2 N–H and O–H groups in total. The van der Waals surface area contributed by atoms with Gasteiger partial charge in [-0.1, -0.05) is 13.8 Å². The van der Waals surface area contributed by atoms with Gasteiger partial charge in [-0.15, -0.1) is 0 Å². The lowest BCUT2D eigenvalue weighted by Gasteiger charge is -2.26. The minimum atomic E-state index is -0.120. The van der Waals surface area contributed by atoms with Crippen LogP contribution in [-0.4, -0.2) is 35.6 Å². The maximum atomic E-state index is 11.6. The van der Waals surface area contributed by atoms with E-state index in [1.807, 2.05) is 0 Å². The summed E-state index contributed by atoms with van der Waals surface area (Å²) < 4.78 is 0.533. The van der Waals surface area contributed by atoms with Crippen molar-refractivity contribution in [3.63, 3.8) is 0 Å². The van der Waals surface area contributed by atoms with E-state index in [0.717, 1.165) is 38.3 Å². The molecule has 0 bridgehead atoms. The first-order valence-corrected chi connectivity index (χ1v) is 7.59. The Hall–Kier alpha value is -0.880. The van der Waals surface area contributed by atoms with Crippen LogP contribution in [0, 0.1) is 5.92 Å². The zero-order valence-corrected chi connectivity index (χ0v) is 13.0. The maximum absolute atomic E-state index is 11.6. The van der Waals surface area contributed by atoms with Crippen molar-refractivity contribution in [1.82, 2.24) is 15.3 Å². The normalized spacial score (nSPS) is 19.4. The predicted molar refractivity (Wildman–Crippen MR) is 80.6 cm³/mol. The predicted octanol–water partition coefficient (Wildman–Crippen LogP) is 1.75. The summed E-state index contributed by atoms with van der Waals surface area (Å²) in [6.07, 6.45) is 3.76. The Morgan fingerprint density at radius 3 is 3.16 bits per heavy atom. The lowest BCUT2D eigenvalue weighted by Crippen LogP contribution is -2.40. The zero-order valence-electron chi connectivity index (χ0n) is 11.4. The Bertz CT molecular complexity index is 474. The molecule has 1 saturated heterocycles. The lowest BCUT2D eigenvalue weighted by atomic mass is 10.2. The minimum absolute atomic E-state index is 0.120. The van der Waals surface area contributed by atoms with Crippen LogP contribution in [-0.2, 0) is 0 Å². The first kappa shape index (κ1) is 14.5. The fourth-order valence-electron chi connectivity index (χ4n) is 2.44. The van der Waals surface area contributed by atoms with Crippen molar-refractivity contribution in [2.45, 2.75) is 32.7 Å². The van der Waals surface area contributed by atoms with E-state index in [1.165, 1.54) is 6.33 Å². The Labute approximate surface area is 121 Å². The molecule has 2 heterocycles. The summed E-state index contributed by atoms with van der Waals surface area (Å²) in [5.41, 5.74) is -0.120. The molecule has 1 aromatic heterocycles.